The molecule has 1 aliphatic rings. The zero-order valence-electron chi connectivity index (χ0n) is 8.32. The second-order valence-electron chi connectivity index (χ2n) is 3.18. The maximum atomic E-state index is 9.95. The van der Waals surface area contributed by atoms with Crippen molar-refractivity contribution in [2.45, 2.75) is 25.7 Å². The van der Waals surface area contributed by atoms with Crippen LogP contribution in [-0.2, 0) is 9.53 Å². The zero-order chi connectivity index (χ0) is 10.1. The molecule has 0 unspecified atom stereocenters. The van der Waals surface area contributed by atoms with Crippen molar-refractivity contribution in [2.24, 2.45) is 0 Å². The Hall–Kier alpha value is -1.31. The maximum Gasteiger partial charge on any atom is 0.293 e. The van der Waals surface area contributed by atoms with E-state index in [1.165, 1.54) is 5.57 Å². The van der Waals surface area contributed by atoms with Crippen LogP contribution in [-0.4, -0.2) is 13.1 Å². The average molecular weight is 192 g/mol. The number of hydrogen-bond acceptors (Lipinski definition) is 2. The van der Waals surface area contributed by atoms with Gasteiger partial charge in [-0.2, -0.15) is 0 Å². The largest absolute Gasteiger partial charge is 0.468 e. The third kappa shape index (κ3) is 4.65. The molecule has 14 heavy (non-hydrogen) atoms. The van der Waals surface area contributed by atoms with Gasteiger partial charge in [0.15, 0.2) is 0 Å². The van der Waals surface area contributed by atoms with Crippen LogP contribution in [0.15, 0.2) is 36.0 Å². The molecular weight excluding hydrogens is 176 g/mol. The van der Waals surface area contributed by atoms with Gasteiger partial charge in [-0.3, -0.25) is 4.79 Å². The summed E-state index contributed by atoms with van der Waals surface area (Å²) >= 11 is 0. The summed E-state index contributed by atoms with van der Waals surface area (Å²) in [6.07, 6.45) is 14.8. The highest BCUT2D eigenvalue weighted by molar-refractivity contribution is 5.37. The van der Waals surface area contributed by atoms with E-state index in [0.717, 1.165) is 25.7 Å². The van der Waals surface area contributed by atoms with E-state index in [2.05, 4.69) is 35.1 Å². The number of rotatable bonds is 4. The summed E-state index contributed by atoms with van der Waals surface area (Å²) < 4.78 is 4.67. The Labute approximate surface area is 85.0 Å². The van der Waals surface area contributed by atoms with Crippen LogP contribution in [0.5, 0.6) is 0 Å². The number of carbonyl (C=O) groups excluding carboxylic acids is 1. The Bertz CT molecular complexity index is 249. The van der Waals surface area contributed by atoms with Crippen molar-refractivity contribution < 1.29 is 9.53 Å². The van der Waals surface area contributed by atoms with Crippen molar-refractivity contribution in [3.63, 3.8) is 0 Å². The van der Waals surface area contributed by atoms with Crippen LogP contribution in [0.3, 0.4) is 0 Å². The predicted octanol–water partition coefficient (Wildman–Crippen LogP) is 2.77. The molecule has 0 aromatic carbocycles. The Kier molecular flexibility index (Phi) is 5.48. The van der Waals surface area contributed by atoms with Gasteiger partial charge >= 0.3 is 0 Å². The van der Waals surface area contributed by atoms with Crippen LogP contribution in [0.1, 0.15) is 25.7 Å². The Morgan fingerprint density at radius 3 is 3.00 bits per heavy atom. The second-order valence-corrected chi connectivity index (χ2v) is 3.18. The van der Waals surface area contributed by atoms with E-state index in [4.69, 9.17) is 0 Å². The predicted molar refractivity (Wildman–Crippen MR) is 56.8 cm³/mol. The smallest absolute Gasteiger partial charge is 0.293 e. The lowest BCUT2D eigenvalue weighted by Crippen LogP contribution is -1.92. The van der Waals surface area contributed by atoms with Crippen LogP contribution < -0.4 is 0 Å². The van der Waals surface area contributed by atoms with E-state index in [0.29, 0.717) is 13.1 Å². The summed E-state index contributed by atoms with van der Waals surface area (Å²) in [7, 11) is 0. The normalized spacial score (nSPS) is 16.4. The summed E-state index contributed by atoms with van der Waals surface area (Å²) in [5.41, 5.74) is 1.25. The summed E-state index contributed by atoms with van der Waals surface area (Å²) in [5, 5.41) is 0. The molecule has 0 saturated carbocycles. The fraction of sp³-hybridized carbons (Fsp3) is 0.417. The van der Waals surface area contributed by atoms with Crippen molar-refractivity contribution in [3.05, 3.63) is 36.0 Å². The average Bonchev–Trinajstić information content (AvgIpc) is 2.32. The van der Waals surface area contributed by atoms with Crippen molar-refractivity contribution in [3.8, 4) is 0 Å². The number of carbonyl (C=O) groups is 1. The molecule has 0 aliphatic heterocycles. The highest BCUT2D eigenvalue weighted by Crippen LogP contribution is 2.09. The van der Waals surface area contributed by atoms with E-state index in [1.54, 1.807) is 0 Å². The van der Waals surface area contributed by atoms with Gasteiger partial charge < -0.3 is 4.74 Å². The number of hydrogen-bond donors (Lipinski definition) is 0. The first-order chi connectivity index (χ1) is 6.93. The van der Waals surface area contributed by atoms with Crippen LogP contribution in [0.4, 0.5) is 0 Å². The Morgan fingerprint density at radius 2 is 2.14 bits per heavy atom. The van der Waals surface area contributed by atoms with Gasteiger partial charge in [0.1, 0.15) is 0 Å². The molecule has 0 N–H and O–H groups in total. The van der Waals surface area contributed by atoms with Crippen molar-refractivity contribution in [1.29, 1.82) is 0 Å². The lowest BCUT2D eigenvalue weighted by molar-refractivity contribution is -0.128. The molecule has 0 saturated heterocycles. The van der Waals surface area contributed by atoms with Crippen LogP contribution in [0.25, 0.3) is 0 Å². The van der Waals surface area contributed by atoms with E-state index < -0.39 is 0 Å². The Morgan fingerprint density at radius 1 is 1.29 bits per heavy atom. The fourth-order valence-electron chi connectivity index (χ4n) is 1.34. The van der Waals surface area contributed by atoms with E-state index in [9.17, 15) is 4.79 Å². The third-order valence-corrected chi connectivity index (χ3v) is 2.09. The minimum atomic E-state index is 0.476. The standard InChI is InChI=1S/C12H16O2/c13-11-14-10-9-12-7-5-3-1-2-4-6-8-12/h1,3,6-8,11H,2,4-5,9-10H2. The summed E-state index contributed by atoms with van der Waals surface area (Å²) in [5.74, 6) is 0. The lowest BCUT2D eigenvalue weighted by atomic mass is 10.1. The molecule has 2 heteroatoms. The zero-order valence-corrected chi connectivity index (χ0v) is 8.32. The molecule has 1 rings (SSSR count). The molecule has 0 aromatic heterocycles. The third-order valence-electron chi connectivity index (χ3n) is 2.09. The van der Waals surface area contributed by atoms with Crippen molar-refractivity contribution in [1.82, 2.24) is 0 Å². The van der Waals surface area contributed by atoms with Gasteiger partial charge in [0.2, 0.25) is 0 Å². The van der Waals surface area contributed by atoms with Gasteiger partial charge in [-0.05, 0) is 24.8 Å². The molecule has 0 bridgehead atoms. The van der Waals surface area contributed by atoms with Gasteiger partial charge in [-0.25, -0.2) is 0 Å². The minimum absolute atomic E-state index is 0.476. The molecule has 0 spiro atoms. The summed E-state index contributed by atoms with van der Waals surface area (Å²) in [4.78, 5) is 9.95. The van der Waals surface area contributed by atoms with Crippen LogP contribution >= 0.6 is 0 Å². The molecular formula is C12H16O2. The van der Waals surface area contributed by atoms with Gasteiger partial charge in [0.05, 0.1) is 6.61 Å². The van der Waals surface area contributed by atoms with Crippen LogP contribution in [0, 0.1) is 0 Å². The van der Waals surface area contributed by atoms with Gasteiger partial charge in [-0.1, -0.05) is 30.4 Å². The molecule has 0 atom stereocenters. The van der Waals surface area contributed by atoms with Gasteiger partial charge in [-0.15, -0.1) is 0 Å². The Balaban J connectivity index is 2.41. The maximum absolute atomic E-state index is 9.95. The highest BCUT2D eigenvalue weighted by atomic mass is 16.5. The first-order valence-electron chi connectivity index (χ1n) is 4.99. The van der Waals surface area contributed by atoms with E-state index in [1.807, 2.05) is 0 Å². The van der Waals surface area contributed by atoms with Crippen molar-refractivity contribution >= 4 is 6.47 Å². The topological polar surface area (TPSA) is 26.3 Å². The summed E-state index contributed by atoms with van der Waals surface area (Å²) in [6, 6.07) is 0. The highest BCUT2D eigenvalue weighted by Gasteiger charge is 1.94. The molecule has 0 amide bonds. The lowest BCUT2D eigenvalue weighted by Gasteiger charge is -2.00. The fourth-order valence-corrected chi connectivity index (χ4v) is 1.34. The molecule has 0 fully saturated rings. The molecule has 0 aromatic rings. The van der Waals surface area contributed by atoms with E-state index >= 15 is 0 Å². The molecule has 76 valence electrons. The quantitative estimate of drug-likeness (QED) is 0.389. The van der Waals surface area contributed by atoms with E-state index in [-0.39, 0.29) is 0 Å². The van der Waals surface area contributed by atoms with Crippen molar-refractivity contribution in [2.75, 3.05) is 6.61 Å². The van der Waals surface area contributed by atoms with Crippen LogP contribution in [0.2, 0.25) is 0 Å². The minimum Gasteiger partial charge on any atom is -0.468 e. The van der Waals surface area contributed by atoms with Gasteiger partial charge in [0, 0.05) is 6.42 Å². The molecule has 0 radical (unpaired) electrons. The van der Waals surface area contributed by atoms with Gasteiger partial charge in [0.25, 0.3) is 6.47 Å². The molecule has 0 heterocycles. The first kappa shape index (κ1) is 10.8. The SMILES string of the molecule is O=COCCC1=CCC=CCCC=C1. The second kappa shape index (κ2) is 7.13. The summed E-state index contributed by atoms with van der Waals surface area (Å²) in [6.45, 7) is 0.975. The molecule has 2 nitrogen and oxygen atoms in total. The molecule has 1 aliphatic carbocycles. The first-order valence-corrected chi connectivity index (χ1v) is 4.99. The number of ether oxygens (including phenoxy) is 1. The monoisotopic (exact) mass is 192 g/mol. The number of allylic oxidation sites excluding steroid dienone is 5.